The van der Waals surface area contributed by atoms with Gasteiger partial charge >= 0.3 is 6.03 Å². The number of aryl methyl sites for hydroxylation is 1. The number of amides is 2. The van der Waals surface area contributed by atoms with E-state index < -0.39 is 0 Å². The van der Waals surface area contributed by atoms with Gasteiger partial charge in [-0.25, -0.2) is 4.79 Å². The topological polar surface area (TPSA) is 69.8 Å². The first kappa shape index (κ1) is 10.0. The Bertz CT molecular complexity index is 367. The Balaban J connectivity index is 1.96. The summed E-state index contributed by atoms with van der Waals surface area (Å²) in [5, 5.41) is 12.6. The number of carbonyl (C=O) groups is 1. The molecule has 0 saturated heterocycles. The maximum atomic E-state index is 11.4. The van der Waals surface area contributed by atoms with E-state index in [0.29, 0.717) is 11.9 Å². The van der Waals surface area contributed by atoms with E-state index in [-0.39, 0.29) is 6.03 Å². The Morgan fingerprint density at radius 1 is 1.60 bits per heavy atom. The van der Waals surface area contributed by atoms with Gasteiger partial charge in [0.1, 0.15) is 0 Å². The molecule has 0 aromatic carbocycles. The van der Waals surface area contributed by atoms with Gasteiger partial charge < -0.3 is 5.32 Å². The van der Waals surface area contributed by atoms with Crippen LogP contribution in [-0.4, -0.2) is 22.3 Å². The first-order valence-electron chi connectivity index (χ1n) is 5.32. The van der Waals surface area contributed by atoms with Gasteiger partial charge in [0, 0.05) is 17.3 Å². The molecule has 3 N–H and O–H groups in total. The van der Waals surface area contributed by atoms with E-state index in [1.54, 1.807) is 0 Å². The molecule has 0 aliphatic heterocycles. The van der Waals surface area contributed by atoms with Crippen LogP contribution < -0.4 is 10.6 Å². The number of aromatic nitrogens is 2. The highest BCUT2D eigenvalue weighted by atomic mass is 16.2. The molecular formula is C10H16N4O. The average molecular weight is 208 g/mol. The number of carbonyl (C=O) groups excluding carboxylic acids is 1. The lowest BCUT2D eigenvalue weighted by Crippen LogP contribution is -2.30. The third-order valence-corrected chi connectivity index (χ3v) is 2.61. The largest absolute Gasteiger partial charge is 0.335 e. The Morgan fingerprint density at radius 2 is 2.33 bits per heavy atom. The van der Waals surface area contributed by atoms with Gasteiger partial charge in [0.2, 0.25) is 0 Å². The summed E-state index contributed by atoms with van der Waals surface area (Å²) in [6.45, 7) is 4.00. The molecular weight excluding hydrogens is 192 g/mol. The van der Waals surface area contributed by atoms with Crippen LogP contribution in [0.15, 0.2) is 0 Å². The van der Waals surface area contributed by atoms with Crippen molar-refractivity contribution in [2.75, 3.05) is 5.32 Å². The van der Waals surface area contributed by atoms with Crippen molar-refractivity contribution in [3.63, 3.8) is 0 Å². The number of nitrogens with one attached hydrogen (secondary N) is 3. The van der Waals surface area contributed by atoms with Crippen LogP contribution in [-0.2, 0) is 6.42 Å². The van der Waals surface area contributed by atoms with Crippen LogP contribution in [0, 0.1) is 6.92 Å². The fourth-order valence-corrected chi connectivity index (χ4v) is 1.46. The smallest absolute Gasteiger partial charge is 0.320 e. The lowest BCUT2D eigenvalue weighted by molar-refractivity contribution is 0.251. The Hall–Kier alpha value is -1.52. The van der Waals surface area contributed by atoms with Gasteiger partial charge in [0.15, 0.2) is 5.82 Å². The molecule has 0 unspecified atom stereocenters. The lowest BCUT2D eigenvalue weighted by Gasteiger charge is -2.04. The molecule has 82 valence electrons. The van der Waals surface area contributed by atoms with Crippen molar-refractivity contribution in [2.24, 2.45) is 0 Å². The normalized spacial score (nSPS) is 15.1. The average Bonchev–Trinajstić information content (AvgIpc) is 2.94. The Morgan fingerprint density at radius 3 is 2.87 bits per heavy atom. The molecule has 0 atom stereocenters. The lowest BCUT2D eigenvalue weighted by atomic mass is 10.2. The maximum Gasteiger partial charge on any atom is 0.320 e. The molecule has 2 amide bonds. The second kappa shape index (κ2) is 3.92. The minimum absolute atomic E-state index is 0.158. The molecule has 2 rings (SSSR count). The summed E-state index contributed by atoms with van der Waals surface area (Å²) in [5.74, 6) is 0.630. The minimum atomic E-state index is -0.158. The first-order chi connectivity index (χ1) is 7.20. The monoisotopic (exact) mass is 208 g/mol. The number of aromatic amines is 1. The highest BCUT2D eigenvalue weighted by Crippen LogP contribution is 2.19. The number of nitrogens with zero attached hydrogens (tertiary/aromatic N) is 1. The molecule has 15 heavy (non-hydrogen) atoms. The SMILES string of the molecule is CCc1[nH]nc(NC(=O)NC2CC2)c1C. The van der Waals surface area contributed by atoms with E-state index in [1.807, 2.05) is 6.92 Å². The maximum absolute atomic E-state index is 11.4. The van der Waals surface area contributed by atoms with Crippen LogP contribution in [0.4, 0.5) is 10.6 Å². The van der Waals surface area contributed by atoms with E-state index in [4.69, 9.17) is 0 Å². The molecule has 0 spiro atoms. The second-order valence-electron chi connectivity index (χ2n) is 3.90. The molecule has 5 nitrogen and oxygen atoms in total. The number of urea groups is 1. The number of anilines is 1. The van der Waals surface area contributed by atoms with Gasteiger partial charge in [0.05, 0.1) is 0 Å². The van der Waals surface area contributed by atoms with E-state index >= 15 is 0 Å². The summed E-state index contributed by atoms with van der Waals surface area (Å²) in [4.78, 5) is 11.4. The molecule has 1 fully saturated rings. The highest BCUT2D eigenvalue weighted by molar-refractivity contribution is 5.89. The summed E-state index contributed by atoms with van der Waals surface area (Å²) in [7, 11) is 0. The fourth-order valence-electron chi connectivity index (χ4n) is 1.46. The summed E-state index contributed by atoms with van der Waals surface area (Å²) in [6.07, 6.45) is 3.07. The fraction of sp³-hybridized carbons (Fsp3) is 0.600. The zero-order valence-electron chi connectivity index (χ0n) is 9.05. The number of hydrogen-bond acceptors (Lipinski definition) is 2. The van der Waals surface area contributed by atoms with E-state index in [1.165, 1.54) is 0 Å². The number of H-pyrrole nitrogens is 1. The quantitative estimate of drug-likeness (QED) is 0.705. The van der Waals surface area contributed by atoms with Gasteiger partial charge in [-0.2, -0.15) is 5.10 Å². The van der Waals surface area contributed by atoms with E-state index in [9.17, 15) is 4.79 Å². The molecule has 0 bridgehead atoms. The molecule has 1 aromatic heterocycles. The second-order valence-corrected chi connectivity index (χ2v) is 3.90. The highest BCUT2D eigenvalue weighted by Gasteiger charge is 2.23. The summed E-state index contributed by atoms with van der Waals surface area (Å²) < 4.78 is 0. The molecule has 1 aliphatic rings. The van der Waals surface area contributed by atoms with Crippen LogP contribution >= 0.6 is 0 Å². The molecule has 1 saturated carbocycles. The zero-order valence-corrected chi connectivity index (χ0v) is 9.05. The third-order valence-electron chi connectivity index (χ3n) is 2.61. The zero-order chi connectivity index (χ0) is 10.8. The van der Waals surface area contributed by atoms with Crippen LogP contribution in [0.25, 0.3) is 0 Å². The number of hydrogen-bond donors (Lipinski definition) is 3. The third kappa shape index (κ3) is 2.29. The summed E-state index contributed by atoms with van der Waals surface area (Å²) >= 11 is 0. The molecule has 0 radical (unpaired) electrons. The van der Waals surface area contributed by atoms with Gasteiger partial charge in [-0.3, -0.25) is 10.4 Å². The van der Waals surface area contributed by atoms with Crippen LogP contribution in [0.3, 0.4) is 0 Å². The van der Waals surface area contributed by atoms with Crippen LogP contribution in [0.2, 0.25) is 0 Å². The van der Waals surface area contributed by atoms with Gasteiger partial charge in [-0.05, 0) is 26.2 Å². The van der Waals surface area contributed by atoms with Crippen molar-refractivity contribution in [3.8, 4) is 0 Å². The summed E-state index contributed by atoms with van der Waals surface area (Å²) in [6, 6.07) is 0.213. The van der Waals surface area contributed by atoms with E-state index in [2.05, 4.69) is 27.8 Å². The number of rotatable bonds is 3. The predicted octanol–water partition coefficient (Wildman–Crippen LogP) is 1.56. The van der Waals surface area contributed by atoms with Gasteiger partial charge in [0.25, 0.3) is 0 Å². The van der Waals surface area contributed by atoms with Crippen molar-refractivity contribution < 1.29 is 4.79 Å². The van der Waals surface area contributed by atoms with Crippen molar-refractivity contribution in [1.82, 2.24) is 15.5 Å². The Kier molecular flexibility index (Phi) is 2.62. The van der Waals surface area contributed by atoms with Crippen LogP contribution in [0.1, 0.15) is 31.0 Å². The van der Waals surface area contributed by atoms with Gasteiger partial charge in [-0.1, -0.05) is 6.92 Å². The standard InChI is InChI=1S/C10H16N4O/c1-3-8-6(2)9(14-13-8)12-10(15)11-7-4-5-7/h7H,3-5H2,1-2H3,(H3,11,12,13,14,15). The summed E-state index contributed by atoms with van der Waals surface area (Å²) in [5.41, 5.74) is 2.08. The van der Waals surface area contributed by atoms with Crippen molar-refractivity contribution in [2.45, 2.75) is 39.2 Å². The predicted molar refractivity (Wildman–Crippen MR) is 57.9 cm³/mol. The Labute approximate surface area is 88.6 Å². The van der Waals surface area contributed by atoms with Gasteiger partial charge in [-0.15, -0.1) is 0 Å². The van der Waals surface area contributed by atoms with Crippen molar-refractivity contribution in [1.29, 1.82) is 0 Å². The van der Waals surface area contributed by atoms with Crippen molar-refractivity contribution >= 4 is 11.8 Å². The minimum Gasteiger partial charge on any atom is -0.335 e. The molecule has 1 aliphatic carbocycles. The van der Waals surface area contributed by atoms with Crippen molar-refractivity contribution in [3.05, 3.63) is 11.3 Å². The van der Waals surface area contributed by atoms with Crippen LogP contribution in [0.5, 0.6) is 0 Å². The molecule has 1 aromatic rings. The van der Waals surface area contributed by atoms with E-state index in [0.717, 1.165) is 30.5 Å². The molecule has 5 heteroatoms. The molecule has 1 heterocycles. The first-order valence-corrected chi connectivity index (χ1v) is 5.32.